The van der Waals surface area contributed by atoms with Crippen molar-refractivity contribution < 1.29 is 0 Å². The Kier molecular flexibility index (Phi) is 3.26. The smallest absolute Gasteiger partial charge is 0.0615 e. The molecule has 2 N–H and O–H groups in total. The topological polar surface area (TPSA) is 32.5 Å². The van der Waals surface area contributed by atoms with Crippen LogP contribution in [0, 0.1) is 0 Å². The van der Waals surface area contributed by atoms with Crippen LogP contribution in [0.25, 0.3) is 0 Å². The first kappa shape index (κ1) is 11.6. The Bertz CT molecular complexity index is 381. The Labute approximate surface area is 102 Å². The average molecular weight is 240 g/mol. The van der Waals surface area contributed by atoms with Gasteiger partial charge in [0.25, 0.3) is 0 Å². The molecule has 0 saturated carbocycles. The highest BCUT2D eigenvalue weighted by Gasteiger charge is 2.21. The van der Waals surface area contributed by atoms with Crippen molar-refractivity contribution >= 4 is 23.0 Å². The second kappa shape index (κ2) is 4.52. The van der Waals surface area contributed by atoms with E-state index in [1.165, 1.54) is 0 Å². The minimum absolute atomic E-state index is 0.548. The minimum atomic E-state index is 0.548. The molecule has 1 fully saturated rings. The predicted molar refractivity (Wildman–Crippen MR) is 70.2 cm³/mol. The maximum absolute atomic E-state index is 6.01. The van der Waals surface area contributed by atoms with E-state index in [2.05, 4.69) is 23.8 Å². The van der Waals surface area contributed by atoms with E-state index in [0.717, 1.165) is 36.0 Å². The van der Waals surface area contributed by atoms with E-state index in [-0.39, 0.29) is 0 Å². The number of nitrogen functional groups attached to an aromatic ring is 1. The number of rotatable bonds is 1. The van der Waals surface area contributed by atoms with Gasteiger partial charge in [-0.2, -0.15) is 0 Å². The van der Waals surface area contributed by atoms with Crippen LogP contribution in [0.4, 0.5) is 11.4 Å². The lowest BCUT2D eigenvalue weighted by Gasteiger charge is -2.39. The van der Waals surface area contributed by atoms with Crippen LogP contribution in [-0.4, -0.2) is 37.6 Å². The summed E-state index contributed by atoms with van der Waals surface area (Å²) < 4.78 is 0. The van der Waals surface area contributed by atoms with Gasteiger partial charge >= 0.3 is 0 Å². The molecule has 1 aliphatic heterocycles. The summed E-state index contributed by atoms with van der Waals surface area (Å²) in [6.45, 7) is 5.30. The zero-order valence-corrected chi connectivity index (χ0v) is 10.5. The molecule has 3 nitrogen and oxygen atoms in total. The van der Waals surface area contributed by atoms with E-state index < -0.39 is 0 Å². The van der Waals surface area contributed by atoms with E-state index in [4.69, 9.17) is 17.3 Å². The molecule has 1 saturated heterocycles. The van der Waals surface area contributed by atoms with E-state index >= 15 is 0 Å². The highest BCUT2D eigenvalue weighted by molar-refractivity contribution is 6.31. The molecule has 0 bridgehead atoms. The molecule has 1 aromatic carbocycles. The third-order valence-corrected chi connectivity index (χ3v) is 3.53. The van der Waals surface area contributed by atoms with E-state index in [9.17, 15) is 0 Å². The molecule has 0 aliphatic carbocycles. The molecule has 1 aliphatic rings. The molecule has 0 radical (unpaired) electrons. The van der Waals surface area contributed by atoms with E-state index in [1.54, 1.807) is 0 Å². The summed E-state index contributed by atoms with van der Waals surface area (Å²) in [7, 11) is 2.16. The SMILES string of the molecule is CC1CN(c2cc(Cl)ccc2N)CCN1C. The van der Waals surface area contributed by atoms with Crippen molar-refractivity contribution in [2.45, 2.75) is 13.0 Å². The first-order valence-electron chi connectivity index (χ1n) is 5.58. The van der Waals surface area contributed by atoms with Gasteiger partial charge in [0, 0.05) is 30.7 Å². The summed E-state index contributed by atoms with van der Waals surface area (Å²) in [6.07, 6.45) is 0. The van der Waals surface area contributed by atoms with Crippen LogP contribution in [0.2, 0.25) is 5.02 Å². The van der Waals surface area contributed by atoms with Crippen LogP contribution >= 0.6 is 11.6 Å². The molecule has 16 heavy (non-hydrogen) atoms. The zero-order chi connectivity index (χ0) is 11.7. The Morgan fingerprint density at radius 2 is 2.12 bits per heavy atom. The number of hydrogen-bond acceptors (Lipinski definition) is 3. The Morgan fingerprint density at radius 1 is 1.38 bits per heavy atom. The maximum atomic E-state index is 6.01. The quantitative estimate of drug-likeness (QED) is 0.762. The van der Waals surface area contributed by atoms with Crippen molar-refractivity contribution in [1.29, 1.82) is 0 Å². The van der Waals surface area contributed by atoms with Crippen LogP contribution in [0.15, 0.2) is 18.2 Å². The van der Waals surface area contributed by atoms with Gasteiger partial charge in [-0.05, 0) is 32.2 Å². The largest absolute Gasteiger partial charge is 0.397 e. The van der Waals surface area contributed by atoms with Crippen LogP contribution in [0.1, 0.15) is 6.92 Å². The third kappa shape index (κ3) is 2.25. The van der Waals surface area contributed by atoms with Crippen molar-refractivity contribution in [1.82, 2.24) is 4.90 Å². The van der Waals surface area contributed by atoms with Gasteiger partial charge in [-0.1, -0.05) is 11.6 Å². The van der Waals surface area contributed by atoms with Crippen molar-refractivity contribution in [3.8, 4) is 0 Å². The molecular weight excluding hydrogens is 222 g/mol. The van der Waals surface area contributed by atoms with Crippen molar-refractivity contribution in [3.05, 3.63) is 23.2 Å². The van der Waals surface area contributed by atoms with Gasteiger partial charge in [-0.3, -0.25) is 0 Å². The van der Waals surface area contributed by atoms with Crippen molar-refractivity contribution in [2.75, 3.05) is 37.3 Å². The van der Waals surface area contributed by atoms with Crippen LogP contribution in [-0.2, 0) is 0 Å². The number of anilines is 2. The molecule has 0 amide bonds. The summed E-state index contributed by atoms with van der Waals surface area (Å²) in [5.41, 5.74) is 7.86. The van der Waals surface area contributed by atoms with Crippen molar-refractivity contribution in [3.63, 3.8) is 0 Å². The molecule has 88 valence electrons. The first-order chi connectivity index (χ1) is 7.58. The molecule has 0 spiro atoms. The summed E-state index contributed by atoms with van der Waals surface area (Å²) >= 11 is 6.01. The molecule has 2 rings (SSSR count). The minimum Gasteiger partial charge on any atom is -0.397 e. The first-order valence-corrected chi connectivity index (χ1v) is 5.96. The van der Waals surface area contributed by atoms with Gasteiger partial charge in [0.1, 0.15) is 0 Å². The van der Waals surface area contributed by atoms with E-state index in [1.807, 2.05) is 18.2 Å². The lowest BCUT2D eigenvalue weighted by molar-refractivity contribution is 0.234. The lowest BCUT2D eigenvalue weighted by Crippen LogP contribution is -2.50. The predicted octanol–water partition coefficient (Wildman–Crippen LogP) is 2.06. The fraction of sp³-hybridized carbons (Fsp3) is 0.500. The molecular formula is C12H18ClN3. The Balaban J connectivity index is 2.21. The molecule has 0 aromatic heterocycles. The molecule has 1 unspecified atom stereocenters. The van der Waals surface area contributed by atoms with Crippen LogP contribution in [0.5, 0.6) is 0 Å². The highest BCUT2D eigenvalue weighted by atomic mass is 35.5. The van der Waals surface area contributed by atoms with E-state index in [0.29, 0.717) is 6.04 Å². The summed E-state index contributed by atoms with van der Waals surface area (Å²) in [5.74, 6) is 0. The third-order valence-electron chi connectivity index (χ3n) is 3.29. The zero-order valence-electron chi connectivity index (χ0n) is 9.78. The van der Waals surface area contributed by atoms with Crippen LogP contribution in [0.3, 0.4) is 0 Å². The van der Waals surface area contributed by atoms with Gasteiger partial charge in [-0.15, -0.1) is 0 Å². The standard InChI is InChI=1S/C12H18ClN3/c1-9-8-16(6-5-15(9)2)12-7-10(13)3-4-11(12)14/h3-4,7,9H,5-6,8,14H2,1-2H3. The summed E-state index contributed by atoms with van der Waals surface area (Å²) in [6, 6.07) is 6.21. The van der Waals surface area contributed by atoms with Gasteiger partial charge in [0.15, 0.2) is 0 Å². The number of halogens is 1. The fourth-order valence-corrected chi connectivity index (χ4v) is 2.22. The number of nitrogens with two attached hydrogens (primary N) is 1. The number of hydrogen-bond donors (Lipinski definition) is 1. The summed E-state index contributed by atoms with van der Waals surface area (Å²) in [4.78, 5) is 4.67. The number of nitrogens with zero attached hydrogens (tertiary/aromatic N) is 2. The lowest BCUT2D eigenvalue weighted by atomic mass is 10.1. The van der Waals surface area contributed by atoms with Gasteiger partial charge in [0.05, 0.1) is 11.4 Å². The van der Waals surface area contributed by atoms with Gasteiger partial charge < -0.3 is 15.5 Å². The number of likely N-dealkylation sites (N-methyl/N-ethyl adjacent to an activating group) is 1. The number of benzene rings is 1. The molecule has 1 atom stereocenters. The van der Waals surface area contributed by atoms with Crippen LogP contribution < -0.4 is 10.6 Å². The monoisotopic (exact) mass is 239 g/mol. The molecule has 1 aromatic rings. The number of piperazine rings is 1. The Hall–Kier alpha value is -0.930. The second-order valence-electron chi connectivity index (χ2n) is 4.48. The second-order valence-corrected chi connectivity index (χ2v) is 4.92. The highest BCUT2D eigenvalue weighted by Crippen LogP contribution is 2.28. The van der Waals surface area contributed by atoms with Gasteiger partial charge in [0.2, 0.25) is 0 Å². The maximum Gasteiger partial charge on any atom is 0.0615 e. The fourth-order valence-electron chi connectivity index (χ4n) is 2.06. The average Bonchev–Trinajstić information content (AvgIpc) is 2.26. The Morgan fingerprint density at radius 3 is 2.81 bits per heavy atom. The summed E-state index contributed by atoms with van der Waals surface area (Å²) in [5, 5.41) is 0.746. The molecule has 4 heteroatoms. The van der Waals surface area contributed by atoms with Gasteiger partial charge in [-0.25, -0.2) is 0 Å². The molecule has 1 heterocycles. The van der Waals surface area contributed by atoms with Crippen molar-refractivity contribution in [2.24, 2.45) is 0 Å². The normalized spacial score (nSPS) is 22.4.